The summed E-state index contributed by atoms with van der Waals surface area (Å²) in [5, 5.41) is 8.79. The normalized spacial score (nSPS) is 19.7. The molecule has 1 aromatic heterocycles. The molecule has 1 aliphatic rings. The Kier molecular flexibility index (Phi) is 4.70. The van der Waals surface area contributed by atoms with Crippen LogP contribution in [0.1, 0.15) is 56.4 Å². The van der Waals surface area contributed by atoms with Crippen LogP contribution in [0.5, 0.6) is 0 Å². The summed E-state index contributed by atoms with van der Waals surface area (Å²) in [7, 11) is 0. The third-order valence-electron chi connectivity index (χ3n) is 3.80. The molecule has 0 bridgehead atoms. The van der Waals surface area contributed by atoms with E-state index in [9.17, 15) is 4.79 Å². The van der Waals surface area contributed by atoms with E-state index in [1.165, 1.54) is 6.42 Å². The average molecular weight is 277 g/mol. The van der Waals surface area contributed by atoms with Crippen LogP contribution >= 0.6 is 0 Å². The van der Waals surface area contributed by atoms with Crippen LogP contribution in [0.2, 0.25) is 0 Å². The maximum absolute atomic E-state index is 10.7. The Hall–Kier alpha value is -1.49. The molecule has 0 saturated carbocycles. The SMILES string of the molecule is Cc1nc(CCC(=O)O)cc([C@H]2CCCN2C(C)C)n1. The van der Waals surface area contributed by atoms with Gasteiger partial charge in [-0.3, -0.25) is 9.69 Å². The van der Waals surface area contributed by atoms with Crippen molar-refractivity contribution in [3.05, 3.63) is 23.3 Å². The van der Waals surface area contributed by atoms with Gasteiger partial charge in [-0.05, 0) is 46.2 Å². The molecular formula is C15H23N3O2. The molecule has 1 aliphatic heterocycles. The van der Waals surface area contributed by atoms with Gasteiger partial charge in [0.2, 0.25) is 0 Å². The maximum atomic E-state index is 10.7. The summed E-state index contributed by atoms with van der Waals surface area (Å²) in [6, 6.07) is 2.84. The summed E-state index contributed by atoms with van der Waals surface area (Å²) in [4.78, 5) is 22.1. The van der Waals surface area contributed by atoms with E-state index in [1.54, 1.807) is 0 Å². The number of aromatic nitrogens is 2. The number of hydrogen-bond acceptors (Lipinski definition) is 4. The lowest BCUT2D eigenvalue weighted by atomic mass is 10.1. The van der Waals surface area contributed by atoms with Crippen molar-refractivity contribution in [2.45, 2.75) is 58.5 Å². The summed E-state index contributed by atoms with van der Waals surface area (Å²) < 4.78 is 0. The molecule has 5 nitrogen and oxygen atoms in total. The number of aliphatic carboxylic acids is 1. The smallest absolute Gasteiger partial charge is 0.303 e. The van der Waals surface area contributed by atoms with Crippen LogP contribution in [-0.2, 0) is 11.2 Å². The molecule has 2 rings (SSSR count). The second kappa shape index (κ2) is 6.31. The first-order valence-electron chi connectivity index (χ1n) is 7.29. The molecule has 0 amide bonds. The van der Waals surface area contributed by atoms with E-state index in [-0.39, 0.29) is 6.42 Å². The fourth-order valence-corrected chi connectivity index (χ4v) is 2.91. The highest BCUT2D eigenvalue weighted by molar-refractivity contribution is 5.66. The molecule has 1 fully saturated rings. The fraction of sp³-hybridized carbons (Fsp3) is 0.667. The van der Waals surface area contributed by atoms with Gasteiger partial charge in [0.25, 0.3) is 0 Å². The van der Waals surface area contributed by atoms with Crippen molar-refractivity contribution in [1.29, 1.82) is 0 Å². The topological polar surface area (TPSA) is 66.3 Å². The van der Waals surface area contributed by atoms with Crippen molar-refractivity contribution in [1.82, 2.24) is 14.9 Å². The summed E-state index contributed by atoms with van der Waals surface area (Å²) >= 11 is 0. The Morgan fingerprint density at radius 2 is 2.25 bits per heavy atom. The van der Waals surface area contributed by atoms with E-state index in [2.05, 4.69) is 28.7 Å². The predicted octanol–water partition coefficient (Wildman–Crippen LogP) is 2.35. The van der Waals surface area contributed by atoms with E-state index in [0.29, 0.717) is 18.5 Å². The molecule has 2 heterocycles. The molecule has 5 heteroatoms. The molecule has 110 valence electrons. The zero-order valence-electron chi connectivity index (χ0n) is 12.5. The summed E-state index contributed by atoms with van der Waals surface area (Å²) in [6.07, 6.45) is 2.90. The second-order valence-corrected chi connectivity index (χ2v) is 5.71. The third kappa shape index (κ3) is 3.54. The number of nitrogens with zero attached hydrogens (tertiary/aromatic N) is 3. The van der Waals surface area contributed by atoms with Crippen LogP contribution in [0, 0.1) is 6.92 Å². The Bertz CT molecular complexity index is 488. The van der Waals surface area contributed by atoms with Crippen LogP contribution in [0.15, 0.2) is 6.07 Å². The van der Waals surface area contributed by atoms with Crippen LogP contribution < -0.4 is 0 Å². The van der Waals surface area contributed by atoms with E-state index in [0.717, 1.165) is 30.2 Å². The Morgan fingerprint density at radius 1 is 1.50 bits per heavy atom. The molecular weight excluding hydrogens is 254 g/mol. The second-order valence-electron chi connectivity index (χ2n) is 5.71. The zero-order valence-corrected chi connectivity index (χ0v) is 12.5. The highest BCUT2D eigenvalue weighted by Gasteiger charge is 2.29. The Morgan fingerprint density at radius 3 is 2.90 bits per heavy atom. The first-order valence-corrected chi connectivity index (χ1v) is 7.29. The molecule has 0 radical (unpaired) electrons. The molecule has 20 heavy (non-hydrogen) atoms. The lowest BCUT2D eigenvalue weighted by molar-refractivity contribution is -0.136. The van der Waals surface area contributed by atoms with Crippen molar-refractivity contribution in [2.75, 3.05) is 6.54 Å². The van der Waals surface area contributed by atoms with Crippen LogP contribution in [0.4, 0.5) is 0 Å². The summed E-state index contributed by atoms with van der Waals surface area (Å²) in [6.45, 7) is 7.40. The van der Waals surface area contributed by atoms with Gasteiger partial charge >= 0.3 is 5.97 Å². The van der Waals surface area contributed by atoms with Gasteiger partial charge in [0.05, 0.1) is 18.2 Å². The van der Waals surface area contributed by atoms with Gasteiger partial charge in [0.1, 0.15) is 5.82 Å². The summed E-state index contributed by atoms with van der Waals surface area (Å²) in [5.41, 5.74) is 1.88. The molecule has 0 aromatic carbocycles. The predicted molar refractivity (Wildman–Crippen MR) is 76.5 cm³/mol. The molecule has 0 aliphatic carbocycles. The minimum absolute atomic E-state index is 0.119. The highest BCUT2D eigenvalue weighted by Crippen LogP contribution is 2.32. The lowest BCUT2D eigenvalue weighted by Crippen LogP contribution is -2.31. The van der Waals surface area contributed by atoms with Crippen molar-refractivity contribution >= 4 is 5.97 Å². The number of carboxylic acids is 1. The molecule has 0 spiro atoms. The van der Waals surface area contributed by atoms with E-state index in [1.807, 2.05) is 13.0 Å². The van der Waals surface area contributed by atoms with Crippen molar-refractivity contribution in [3.8, 4) is 0 Å². The van der Waals surface area contributed by atoms with E-state index in [4.69, 9.17) is 5.11 Å². The first-order chi connectivity index (χ1) is 9.47. The fourth-order valence-electron chi connectivity index (χ4n) is 2.91. The van der Waals surface area contributed by atoms with Crippen molar-refractivity contribution < 1.29 is 9.90 Å². The largest absolute Gasteiger partial charge is 0.481 e. The van der Waals surface area contributed by atoms with E-state index >= 15 is 0 Å². The van der Waals surface area contributed by atoms with Gasteiger partial charge in [-0.15, -0.1) is 0 Å². The van der Waals surface area contributed by atoms with Gasteiger partial charge in [0, 0.05) is 18.2 Å². The maximum Gasteiger partial charge on any atom is 0.303 e. The number of rotatable bonds is 5. The molecule has 1 aromatic rings. The Balaban J connectivity index is 2.20. The van der Waals surface area contributed by atoms with Crippen molar-refractivity contribution in [2.24, 2.45) is 0 Å². The first kappa shape index (κ1) is 14.9. The minimum atomic E-state index is -0.785. The number of carbonyl (C=O) groups is 1. The van der Waals surface area contributed by atoms with Crippen LogP contribution in [0.3, 0.4) is 0 Å². The molecule has 0 unspecified atom stereocenters. The minimum Gasteiger partial charge on any atom is -0.481 e. The average Bonchev–Trinajstić information content (AvgIpc) is 2.85. The van der Waals surface area contributed by atoms with E-state index < -0.39 is 5.97 Å². The molecule has 1 saturated heterocycles. The van der Waals surface area contributed by atoms with Gasteiger partial charge in [-0.2, -0.15) is 0 Å². The quantitative estimate of drug-likeness (QED) is 0.895. The lowest BCUT2D eigenvalue weighted by Gasteiger charge is -2.28. The van der Waals surface area contributed by atoms with Crippen molar-refractivity contribution in [3.63, 3.8) is 0 Å². The Labute approximate surface area is 120 Å². The van der Waals surface area contributed by atoms with Gasteiger partial charge in [-0.25, -0.2) is 9.97 Å². The van der Waals surface area contributed by atoms with Gasteiger partial charge in [0.15, 0.2) is 0 Å². The summed E-state index contributed by atoms with van der Waals surface area (Å²) in [5.74, 6) is -0.0500. The zero-order chi connectivity index (χ0) is 14.7. The third-order valence-corrected chi connectivity index (χ3v) is 3.80. The standard InChI is InChI=1S/C15H23N3O2/c1-10(2)18-8-4-5-14(18)13-9-12(6-7-15(19)20)16-11(3)17-13/h9-10,14H,4-8H2,1-3H3,(H,19,20)/t14-/m1/s1. The highest BCUT2D eigenvalue weighted by atomic mass is 16.4. The number of hydrogen-bond donors (Lipinski definition) is 1. The number of likely N-dealkylation sites (tertiary alicyclic amines) is 1. The van der Waals surface area contributed by atoms with Gasteiger partial charge in [-0.1, -0.05) is 0 Å². The van der Waals surface area contributed by atoms with Gasteiger partial charge < -0.3 is 5.11 Å². The number of carboxylic acid groups (broad SMARTS) is 1. The monoisotopic (exact) mass is 277 g/mol. The number of aryl methyl sites for hydroxylation is 2. The molecule has 1 atom stereocenters. The van der Waals surface area contributed by atoms with Crippen LogP contribution in [0.25, 0.3) is 0 Å². The van der Waals surface area contributed by atoms with Crippen LogP contribution in [-0.4, -0.2) is 38.5 Å². The molecule has 1 N–H and O–H groups in total.